The van der Waals surface area contributed by atoms with Crippen molar-refractivity contribution >= 4 is 16.6 Å². The summed E-state index contributed by atoms with van der Waals surface area (Å²) < 4.78 is 14.1. The zero-order chi connectivity index (χ0) is 20.7. The van der Waals surface area contributed by atoms with Gasteiger partial charge in [0.15, 0.2) is 16.6 Å². The van der Waals surface area contributed by atoms with Gasteiger partial charge < -0.3 is 8.85 Å². The summed E-state index contributed by atoms with van der Waals surface area (Å²) in [5, 5.41) is 0.584. The minimum absolute atomic E-state index is 0.292. The SMILES string of the molecule is CC(C)(C)[Si](C)(C)O[C@H]1CCC[C@H](O[Si](C)(C)C(C)(C)C)[C@H]2CCCC[C@H]21. The van der Waals surface area contributed by atoms with Crippen molar-refractivity contribution in [2.45, 2.75) is 135 Å². The third-order valence-electron chi connectivity index (χ3n) is 8.31. The summed E-state index contributed by atoms with van der Waals surface area (Å²) in [5.74, 6) is 1.43. The maximum absolute atomic E-state index is 7.03. The van der Waals surface area contributed by atoms with Crippen molar-refractivity contribution in [3.8, 4) is 0 Å². The van der Waals surface area contributed by atoms with Crippen LogP contribution >= 0.6 is 0 Å². The van der Waals surface area contributed by atoms with Crippen molar-refractivity contribution < 1.29 is 8.85 Å². The number of hydrogen-bond acceptors (Lipinski definition) is 2. The van der Waals surface area contributed by atoms with Gasteiger partial charge in [-0.3, -0.25) is 0 Å². The van der Waals surface area contributed by atoms with Gasteiger partial charge in [-0.1, -0.05) is 54.4 Å². The van der Waals surface area contributed by atoms with Crippen LogP contribution in [0.1, 0.15) is 86.5 Å². The topological polar surface area (TPSA) is 18.5 Å². The van der Waals surface area contributed by atoms with Crippen molar-refractivity contribution in [3.63, 3.8) is 0 Å². The molecule has 0 unspecified atom stereocenters. The monoisotopic (exact) mass is 412 g/mol. The van der Waals surface area contributed by atoms with Crippen LogP contribution in [0.15, 0.2) is 0 Å². The van der Waals surface area contributed by atoms with Gasteiger partial charge >= 0.3 is 0 Å². The lowest BCUT2D eigenvalue weighted by Crippen LogP contribution is -2.50. The second-order valence-corrected chi connectivity index (χ2v) is 21.9. The molecule has 2 aliphatic carbocycles. The molecule has 2 saturated carbocycles. The van der Waals surface area contributed by atoms with E-state index in [0.717, 1.165) is 0 Å². The molecule has 160 valence electrons. The van der Waals surface area contributed by atoms with E-state index in [1.165, 1.54) is 44.9 Å². The van der Waals surface area contributed by atoms with Gasteiger partial charge in [-0.15, -0.1) is 0 Å². The summed E-state index contributed by atoms with van der Waals surface area (Å²) in [7, 11) is -3.44. The smallest absolute Gasteiger partial charge is 0.192 e. The first-order valence-electron chi connectivity index (χ1n) is 11.5. The van der Waals surface area contributed by atoms with E-state index < -0.39 is 16.6 Å². The number of rotatable bonds is 4. The second kappa shape index (κ2) is 8.24. The van der Waals surface area contributed by atoms with E-state index in [4.69, 9.17) is 8.85 Å². The van der Waals surface area contributed by atoms with Crippen LogP contribution in [0, 0.1) is 11.8 Å². The lowest BCUT2D eigenvalue weighted by atomic mass is 9.74. The highest BCUT2D eigenvalue weighted by Gasteiger charge is 2.47. The van der Waals surface area contributed by atoms with Crippen LogP contribution in [-0.2, 0) is 8.85 Å². The molecule has 4 atom stereocenters. The van der Waals surface area contributed by atoms with Gasteiger partial charge in [-0.2, -0.15) is 0 Å². The Hall–Kier alpha value is 0.354. The van der Waals surface area contributed by atoms with Gasteiger partial charge in [0, 0.05) is 12.2 Å². The normalized spacial score (nSPS) is 31.3. The van der Waals surface area contributed by atoms with Gasteiger partial charge in [0.2, 0.25) is 0 Å². The molecule has 0 amide bonds. The van der Waals surface area contributed by atoms with E-state index in [9.17, 15) is 0 Å². The van der Waals surface area contributed by atoms with Gasteiger partial charge in [-0.05, 0) is 80.2 Å². The molecular formula is C23H48O2Si2. The molecular weight excluding hydrogens is 364 g/mol. The van der Waals surface area contributed by atoms with E-state index in [1.54, 1.807) is 0 Å². The molecule has 0 saturated heterocycles. The standard InChI is InChI=1S/C23H48O2Si2/c1-22(2,3)26(7,8)24-20-16-13-17-21(19-15-12-11-14-18(19)20)25-27(9,10)23(4,5)6/h18-21H,11-17H2,1-10H3/t18-,19+,20-,21-/m0/s1. The van der Waals surface area contributed by atoms with Crippen LogP contribution in [0.25, 0.3) is 0 Å². The van der Waals surface area contributed by atoms with Crippen molar-refractivity contribution in [1.82, 2.24) is 0 Å². The third kappa shape index (κ3) is 5.49. The molecule has 4 heteroatoms. The van der Waals surface area contributed by atoms with Gasteiger partial charge in [-0.25, -0.2) is 0 Å². The number of fused-ring (bicyclic) bond motifs is 1. The maximum Gasteiger partial charge on any atom is 0.192 e. The minimum atomic E-state index is -1.72. The predicted molar refractivity (Wildman–Crippen MR) is 123 cm³/mol. The highest BCUT2D eigenvalue weighted by atomic mass is 28.4. The second-order valence-electron chi connectivity index (χ2n) is 12.4. The first kappa shape index (κ1) is 23.6. The fourth-order valence-electron chi connectivity index (χ4n) is 4.46. The Labute approximate surface area is 172 Å². The van der Waals surface area contributed by atoms with Crippen LogP contribution in [0.5, 0.6) is 0 Å². The molecule has 0 bridgehead atoms. The molecule has 27 heavy (non-hydrogen) atoms. The predicted octanol–water partition coefficient (Wildman–Crippen LogP) is 7.76. The Balaban J connectivity index is 2.21. The van der Waals surface area contributed by atoms with E-state index in [1.807, 2.05) is 0 Å². The van der Waals surface area contributed by atoms with Gasteiger partial charge in [0.05, 0.1) is 0 Å². The van der Waals surface area contributed by atoms with Crippen LogP contribution in [-0.4, -0.2) is 28.8 Å². The molecule has 2 fully saturated rings. The summed E-state index contributed by atoms with van der Waals surface area (Å²) in [6.45, 7) is 24.0. The Morgan fingerprint density at radius 3 is 1.19 bits per heavy atom. The fourth-order valence-corrected chi connectivity index (χ4v) is 7.27. The average molecular weight is 413 g/mol. The zero-order valence-corrected chi connectivity index (χ0v) is 22.1. The molecule has 0 aromatic rings. The van der Waals surface area contributed by atoms with E-state index in [2.05, 4.69) is 67.7 Å². The van der Waals surface area contributed by atoms with Crippen molar-refractivity contribution in [2.24, 2.45) is 11.8 Å². The van der Waals surface area contributed by atoms with Crippen molar-refractivity contribution in [2.75, 3.05) is 0 Å². The summed E-state index contributed by atoms with van der Waals surface area (Å²) in [6, 6.07) is 0. The van der Waals surface area contributed by atoms with Crippen LogP contribution in [0.4, 0.5) is 0 Å². The Bertz CT molecular complexity index is 444. The molecule has 2 aliphatic rings. The summed E-state index contributed by atoms with van der Waals surface area (Å²) in [5.41, 5.74) is 0. The summed E-state index contributed by atoms with van der Waals surface area (Å²) in [4.78, 5) is 0. The molecule has 0 aliphatic heterocycles. The summed E-state index contributed by atoms with van der Waals surface area (Å²) in [6.07, 6.45) is 10.1. The van der Waals surface area contributed by atoms with Crippen molar-refractivity contribution in [1.29, 1.82) is 0 Å². The fraction of sp³-hybridized carbons (Fsp3) is 1.00. The highest BCUT2D eigenvalue weighted by Crippen LogP contribution is 2.47. The van der Waals surface area contributed by atoms with Gasteiger partial charge in [0.1, 0.15) is 0 Å². The quantitative estimate of drug-likeness (QED) is 0.439. The lowest BCUT2D eigenvalue weighted by molar-refractivity contribution is 0.00920. The van der Waals surface area contributed by atoms with Crippen LogP contribution in [0.3, 0.4) is 0 Å². The lowest BCUT2D eigenvalue weighted by Gasteiger charge is -2.46. The summed E-state index contributed by atoms with van der Waals surface area (Å²) >= 11 is 0. The van der Waals surface area contributed by atoms with Crippen LogP contribution in [0.2, 0.25) is 36.3 Å². The van der Waals surface area contributed by atoms with E-state index >= 15 is 0 Å². The Morgan fingerprint density at radius 1 is 0.556 bits per heavy atom. The van der Waals surface area contributed by atoms with Crippen LogP contribution < -0.4 is 0 Å². The highest BCUT2D eigenvalue weighted by molar-refractivity contribution is 6.74. The maximum atomic E-state index is 7.03. The molecule has 0 spiro atoms. The minimum Gasteiger partial charge on any atom is -0.414 e. The first-order valence-corrected chi connectivity index (χ1v) is 17.3. The molecule has 2 rings (SSSR count). The molecule has 0 N–H and O–H groups in total. The molecule has 0 radical (unpaired) electrons. The Kier molecular flexibility index (Phi) is 7.21. The zero-order valence-electron chi connectivity index (χ0n) is 20.1. The van der Waals surface area contributed by atoms with E-state index in [-0.39, 0.29) is 0 Å². The van der Waals surface area contributed by atoms with Gasteiger partial charge in [0.25, 0.3) is 0 Å². The average Bonchev–Trinajstić information content (AvgIpc) is 2.65. The third-order valence-corrected chi connectivity index (χ3v) is 17.3. The first-order chi connectivity index (χ1) is 12.2. The Morgan fingerprint density at radius 2 is 0.889 bits per heavy atom. The molecule has 0 heterocycles. The largest absolute Gasteiger partial charge is 0.414 e. The van der Waals surface area contributed by atoms with Crippen molar-refractivity contribution in [3.05, 3.63) is 0 Å². The molecule has 2 nitrogen and oxygen atoms in total. The molecule has 0 aromatic heterocycles. The number of hydrogen-bond donors (Lipinski definition) is 0. The van der Waals surface area contributed by atoms with E-state index in [0.29, 0.717) is 34.1 Å². The molecule has 0 aromatic carbocycles.